The first-order valence-corrected chi connectivity index (χ1v) is 3.31. The van der Waals surface area contributed by atoms with Crippen molar-refractivity contribution in [1.82, 2.24) is 0 Å². The van der Waals surface area contributed by atoms with E-state index in [9.17, 15) is 4.39 Å². The zero-order valence-corrected chi connectivity index (χ0v) is 6.26. The standard InChI is InChI=1S/C8H10FNO/c1-5-2-3-7(9)6(4-11)8(5)10/h2-3,11H,4,10H2,1H3. The molecule has 0 unspecified atom stereocenters. The van der Waals surface area contributed by atoms with E-state index in [0.29, 0.717) is 5.69 Å². The first kappa shape index (κ1) is 8.01. The van der Waals surface area contributed by atoms with Gasteiger partial charge in [0.15, 0.2) is 0 Å². The van der Waals surface area contributed by atoms with Gasteiger partial charge in [-0.05, 0) is 18.6 Å². The molecule has 0 spiro atoms. The first-order chi connectivity index (χ1) is 5.16. The van der Waals surface area contributed by atoms with E-state index < -0.39 is 5.82 Å². The smallest absolute Gasteiger partial charge is 0.130 e. The average molecular weight is 155 g/mol. The molecule has 0 aliphatic heterocycles. The van der Waals surface area contributed by atoms with Crippen molar-refractivity contribution in [2.75, 3.05) is 5.73 Å². The van der Waals surface area contributed by atoms with Gasteiger partial charge in [0.25, 0.3) is 0 Å². The van der Waals surface area contributed by atoms with Crippen LogP contribution in [-0.2, 0) is 6.61 Å². The molecule has 0 bridgehead atoms. The summed E-state index contributed by atoms with van der Waals surface area (Å²) in [6, 6.07) is 2.89. The summed E-state index contributed by atoms with van der Waals surface area (Å²) in [5, 5.41) is 8.70. The molecule has 60 valence electrons. The quantitative estimate of drug-likeness (QED) is 0.599. The van der Waals surface area contributed by atoms with E-state index in [1.807, 2.05) is 0 Å². The number of aliphatic hydroxyl groups is 1. The lowest BCUT2D eigenvalue weighted by Gasteiger charge is -2.05. The van der Waals surface area contributed by atoms with Gasteiger partial charge in [-0.15, -0.1) is 0 Å². The maximum absolute atomic E-state index is 12.8. The number of aryl methyl sites for hydroxylation is 1. The summed E-state index contributed by atoms with van der Waals surface area (Å²) in [5.74, 6) is -0.449. The Kier molecular flexibility index (Phi) is 2.10. The molecule has 0 aliphatic rings. The van der Waals surface area contributed by atoms with Gasteiger partial charge in [-0.1, -0.05) is 6.07 Å². The van der Waals surface area contributed by atoms with Crippen LogP contribution >= 0.6 is 0 Å². The molecule has 0 amide bonds. The second-order valence-electron chi connectivity index (χ2n) is 2.41. The molecule has 0 atom stereocenters. The van der Waals surface area contributed by atoms with E-state index in [1.54, 1.807) is 13.0 Å². The number of benzene rings is 1. The minimum absolute atomic E-state index is 0.185. The van der Waals surface area contributed by atoms with Crippen molar-refractivity contribution in [3.63, 3.8) is 0 Å². The summed E-state index contributed by atoms with van der Waals surface area (Å²) in [6.45, 7) is 1.42. The molecule has 2 nitrogen and oxygen atoms in total. The van der Waals surface area contributed by atoms with Gasteiger partial charge >= 0.3 is 0 Å². The van der Waals surface area contributed by atoms with E-state index in [-0.39, 0.29) is 12.2 Å². The normalized spacial score (nSPS) is 10.1. The highest BCUT2D eigenvalue weighted by Gasteiger charge is 2.06. The maximum atomic E-state index is 12.8. The Morgan fingerprint density at radius 3 is 2.64 bits per heavy atom. The number of halogens is 1. The third-order valence-corrected chi connectivity index (χ3v) is 1.68. The van der Waals surface area contributed by atoms with E-state index in [2.05, 4.69) is 0 Å². The van der Waals surface area contributed by atoms with Crippen LogP contribution in [0.15, 0.2) is 12.1 Å². The topological polar surface area (TPSA) is 46.2 Å². The molecule has 0 radical (unpaired) electrons. The molecule has 3 heteroatoms. The van der Waals surface area contributed by atoms with Gasteiger partial charge in [-0.2, -0.15) is 0 Å². The number of hydrogen-bond acceptors (Lipinski definition) is 2. The lowest BCUT2D eigenvalue weighted by molar-refractivity contribution is 0.276. The predicted octanol–water partition coefficient (Wildman–Crippen LogP) is 1.21. The number of aliphatic hydroxyl groups excluding tert-OH is 1. The lowest BCUT2D eigenvalue weighted by atomic mass is 10.1. The second kappa shape index (κ2) is 2.88. The Labute approximate surface area is 64.5 Å². The molecule has 1 rings (SSSR count). The molecule has 0 heterocycles. The summed E-state index contributed by atoms with van der Waals surface area (Å²) in [4.78, 5) is 0. The molecule has 1 aromatic carbocycles. The molecular formula is C8H10FNO. The molecule has 0 aliphatic carbocycles. The molecule has 0 saturated carbocycles. The van der Waals surface area contributed by atoms with Crippen molar-refractivity contribution in [1.29, 1.82) is 0 Å². The zero-order valence-electron chi connectivity index (χ0n) is 6.26. The summed E-state index contributed by atoms with van der Waals surface area (Å²) in [5.41, 5.74) is 6.81. The third kappa shape index (κ3) is 1.33. The zero-order chi connectivity index (χ0) is 8.43. The summed E-state index contributed by atoms with van der Waals surface area (Å²) < 4.78 is 12.8. The fraction of sp³-hybridized carbons (Fsp3) is 0.250. The predicted molar refractivity (Wildman–Crippen MR) is 41.5 cm³/mol. The van der Waals surface area contributed by atoms with Crippen LogP contribution in [0.3, 0.4) is 0 Å². The first-order valence-electron chi connectivity index (χ1n) is 3.31. The van der Waals surface area contributed by atoms with Crippen LogP contribution in [0, 0.1) is 12.7 Å². The van der Waals surface area contributed by atoms with Gasteiger partial charge in [-0.3, -0.25) is 0 Å². The fourth-order valence-corrected chi connectivity index (χ4v) is 0.916. The number of nitrogens with two attached hydrogens (primary N) is 1. The Balaban J connectivity index is 3.29. The van der Waals surface area contributed by atoms with Crippen LogP contribution in [0.2, 0.25) is 0 Å². The molecule has 0 saturated heterocycles. The van der Waals surface area contributed by atoms with Crippen molar-refractivity contribution in [3.05, 3.63) is 29.1 Å². The molecule has 0 aromatic heterocycles. The Morgan fingerprint density at radius 1 is 1.55 bits per heavy atom. The van der Waals surface area contributed by atoms with E-state index in [0.717, 1.165) is 5.56 Å². The van der Waals surface area contributed by atoms with Crippen molar-refractivity contribution in [2.24, 2.45) is 0 Å². The minimum Gasteiger partial charge on any atom is -0.398 e. The molecular weight excluding hydrogens is 145 g/mol. The van der Waals surface area contributed by atoms with Crippen molar-refractivity contribution < 1.29 is 9.50 Å². The Hall–Kier alpha value is -1.09. The van der Waals surface area contributed by atoms with Gasteiger partial charge in [0.05, 0.1) is 6.61 Å². The summed E-state index contributed by atoms with van der Waals surface area (Å²) >= 11 is 0. The van der Waals surface area contributed by atoms with Gasteiger partial charge in [0.2, 0.25) is 0 Å². The monoisotopic (exact) mass is 155 g/mol. The Bertz CT molecular complexity index is 273. The largest absolute Gasteiger partial charge is 0.398 e. The van der Waals surface area contributed by atoms with Gasteiger partial charge < -0.3 is 10.8 Å². The molecule has 3 N–H and O–H groups in total. The molecule has 1 aromatic rings. The third-order valence-electron chi connectivity index (χ3n) is 1.68. The van der Waals surface area contributed by atoms with Crippen LogP contribution in [0.25, 0.3) is 0 Å². The lowest BCUT2D eigenvalue weighted by Crippen LogP contribution is -2.00. The fourth-order valence-electron chi connectivity index (χ4n) is 0.916. The second-order valence-corrected chi connectivity index (χ2v) is 2.41. The number of rotatable bonds is 1. The highest BCUT2D eigenvalue weighted by Crippen LogP contribution is 2.19. The van der Waals surface area contributed by atoms with Crippen molar-refractivity contribution in [2.45, 2.75) is 13.5 Å². The Morgan fingerprint density at radius 2 is 2.18 bits per heavy atom. The minimum atomic E-state index is -0.449. The van der Waals surface area contributed by atoms with Crippen LogP contribution in [0.1, 0.15) is 11.1 Å². The van der Waals surface area contributed by atoms with E-state index in [4.69, 9.17) is 10.8 Å². The summed E-state index contributed by atoms with van der Waals surface area (Å²) in [6.07, 6.45) is 0. The molecule has 0 fully saturated rings. The van der Waals surface area contributed by atoms with Crippen LogP contribution < -0.4 is 5.73 Å². The van der Waals surface area contributed by atoms with Crippen molar-refractivity contribution in [3.8, 4) is 0 Å². The van der Waals surface area contributed by atoms with Crippen LogP contribution in [-0.4, -0.2) is 5.11 Å². The highest BCUT2D eigenvalue weighted by molar-refractivity contribution is 5.53. The number of hydrogen-bond donors (Lipinski definition) is 2. The number of nitrogen functional groups attached to an aromatic ring is 1. The summed E-state index contributed by atoms with van der Waals surface area (Å²) in [7, 11) is 0. The number of anilines is 1. The maximum Gasteiger partial charge on any atom is 0.130 e. The van der Waals surface area contributed by atoms with Crippen molar-refractivity contribution >= 4 is 5.69 Å². The van der Waals surface area contributed by atoms with Crippen LogP contribution in [0.5, 0.6) is 0 Å². The van der Waals surface area contributed by atoms with Gasteiger partial charge in [-0.25, -0.2) is 4.39 Å². The molecule has 11 heavy (non-hydrogen) atoms. The van der Waals surface area contributed by atoms with Gasteiger partial charge in [0.1, 0.15) is 5.82 Å². The van der Waals surface area contributed by atoms with Crippen LogP contribution in [0.4, 0.5) is 10.1 Å². The van der Waals surface area contributed by atoms with E-state index >= 15 is 0 Å². The van der Waals surface area contributed by atoms with Gasteiger partial charge in [0, 0.05) is 11.3 Å². The van der Waals surface area contributed by atoms with E-state index in [1.165, 1.54) is 6.07 Å². The SMILES string of the molecule is Cc1ccc(F)c(CO)c1N. The highest BCUT2D eigenvalue weighted by atomic mass is 19.1. The average Bonchev–Trinajstić information content (AvgIpc) is 1.99.